The van der Waals surface area contributed by atoms with Crippen LogP contribution in [0.5, 0.6) is 0 Å². The van der Waals surface area contributed by atoms with E-state index in [-0.39, 0.29) is 11.9 Å². The van der Waals surface area contributed by atoms with Gasteiger partial charge in [0.15, 0.2) is 0 Å². The van der Waals surface area contributed by atoms with E-state index in [0.717, 1.165) is 0 Å². The van der Waals surface area contributed by atoms with E-state index in [0.29, 0.717) is 13.1 Å². The largest absolute Gasteiger partial charge is 0.388 e. The number of hydrogen-bond donors (Lipinski definition) is 2. The molecule has 0 aromatic rings. The van der Waals surface area contributed by atoms with Gasteiger partial charge in [-0.05, 0) is 13.8 Å². The molecule has 0 bridgehead atoms. The lowest BCUT2D eigenvalue weighted by Gasteiger charge is -2.46. The van der Waals surface area contributed by atoms with Crippen molar-refractivity contribution >= 4 is 5.91 Å². The average molecular weight is 172 g/mol. The van der Waals surface area contributed by atoms with Gasteiger partial charge in [0, 0.05) is 20.1 Å². The minimum atomic E-state index is -0.595. The third-order valence-electron chi connectivity index (χ3n) is 2.26. The van der Waals surface area contributed by atoms with Gasteiger partial charge in [0.25, 0.3) is 0 Å². The summed E-state index contributed by atoms with van der Waals surface area (Å²) in [5.41, 5.74) is -0.595. The number of rotatable bonds is 2. The van der Waals surface area contributed by atoms with Crippen molar-refractivity contribution in [1.29, 1.82) is 0 Å². The summed E-state index contributed by atoms with van der Waals surface area (Å²) >= 11 is 0. The van der Waals surface area contributed by atoms with Crippen LogP contribution in [0.4, 0.5) is 0 Å². The van der Waals surface area contributed by atoms with E-state index in [1.54, 1.807) is 14.0 Å². The highest BCUT2D eigenvalue weighted by Gasteiger charge is 2.40. The van der Waals surface area contributed by atoms with Crippen molar-refractivity contribution in [1.82, 2.24) is 10.2 Å². The lowest BCUT2D eigenvalue weighted by Crippen LogP contribution is -2.64. The molecule has 1 amide bonds. The molecule has 1 fully saturated rings. The number of carbonyl (C=O) groups excluding carboxylic acids is 1. The van der Waals surface area contributed by atoms with Gasteiger partial charge in [-0.2, -0.15) is 0 Å². The predicted molar refractivity (Wildman–Crippen MR) is 45.7 cm³/mol. The van der Waals surface area contributed by atoms with Crippen molar-refractivity contribution in [3.8, 4) is 0 Å². The van der Waals surface area contributed by atoms with Crippen molar-refractivity contribution in [3.63, 3.8) is 0 Å². The molecule has 0 saturated carbocycles. The van der Waals surface area contributed by atoms with E-state index in [1.165, 1.54) is 0 Å². The minimum Gasteiger partial charge on any atom is -0.388 e. The van der Waals surface area contributed by atoms with Crippen molar-refractivity contribution in [2.24, 2.45) is 0 Å². The second-order valence-electron chi connectivity index (χ2n) is 3.69. The zero-order chi connectivity index (χ0) is 9.35. The van der Waals surface area contributed by atoms with Crippen LogP contribution in [-0.4, -0.2) is 47.7 Å². The van der Waals surface area contributed by atoms with E-state index in [9.17, 15) is 9.90 Å². The number of nitrogens with one attached hydrogen (secondary N) is 1. The topological polar surface area (TPSA) is 52.6 Å². The molecule has 12 heavy (non-hydrogen) atoms. The van der Waals surface area contributed by atoms with Gasteiger partial charge < -0.3 is 10.4 Å². The first-order valence-electron chi connectivity index (χ1n) is 4.14. The number of hydrogen-bond acceptors (Lipinski definition) is 3. The molecule has 1 aliphatic rings. The number of nitrogens with zero attached hydrogens (tertiary/aromatic N) is 1. The summed E-state index contributed by atoms with van der Waals surface area (Å²) in [6.07, 6.45) is 0. The van der Waals surface area contributed by atoms with Crippen LogP contribution in [-0.2, 0) is 4.79 Å². The van der Waals surface area contributed by atoms with E-state index < -0.39 is 5.60 Å². The summed E-state index contributed by atoms with van der Waals surface area (Å²) < 4.78 is 0. The fourth-order valence-electron chi connectivity index (χ4n) is 1.48. The van der Waals surface area contributed by atoms with Gasteiger partial charge in [-0.3, -0.25) is 9.69 Å². The molecule has 2 N–H and O–H groups in total. The Bertz CT molecular complexity index is 183. The van der Waals surface area contributed by atoms with Gasteiger partial charge in [-0.25, -0.2) is 0 Å². The summed E-state index contributed by atoms with van der Waals surface area (Å²) in [6.45, 7) is 4.79. The molecule has 1 heterocycles. The van der Waals surface area contributed by atoms with Gasteiger partial charge in [0.05, 0.1) is 11.6 Å². The number of likely N-dealkylation sites (tertiary alicyclic amines) is 1. The van der Waals surface area contributed by atoms with Gasteiger partial charge in [-0.1, -0.05) is 0 Å². The predicted octanol–water partition coefficient (Wildman–Crippen LogP) is -0.813. The summed E-state index contributed by atoms with van der Waals surface area (Å²) in [6, 6.07) is -0.129. The van der Waals surface area contributed by atoms with Crippen LogP contribution in [0.1, 0.15) is 13.8 Å². The number of likely N-dealkylation sites (N-methyl/N-ethyl adjacent to an activating group) is 1. The maximum atomic E-state index is 11.1. The molecule has 1 atom stereocenters. The maximum absolute atomic E-state index is 11.1. The first-order chi connectivity index (χ1) is 5.46. The molecule has 1 unspecified atom stereocenters. The van der Waals surface area contributed by atoms with Gasteiger partial charge in [0.1, 0.15) is 0 Å². The van der Waals surface area contributed by atoms with E-state index in [2.05, 4.69) is 5.32 Å². The SMILES string of the molecule is CNC(=O)C(C)N1CC(C)(O)C1. The van der Waals surface area contributed by atoms with Gasteiger partial charge in [-0.15, -0.1) is 0 Å². The Hall–Kier alpha value is -0.610. The molecule has 0 spiro atoms. The fourth-order valence-corrected chi connectivity index (χ4v) is 1.48. The van der Waals surface area contributed by atoms with Crippen molar-refractivity contribution in [2.45, 2.75) is 25.5 Å². The Labute approximate surface area is 72.6 Å². The zero-order valence-corrected chi connectivity index (χ0v) is 7.79. The molecule has 70 valence electrons. The molecule has 1 aliphatic heterocycles. The van der Waals surface area contributed by atoms with Crippen molar-refractivity contribution < 1.29 is 9.90 Å². The number of aliphatic hydroxyl groups is 1. The summed E-state index contributed by atoms with van der Waals surface area (Å²) in [7, 11) is 1.62. The molecule has 1 rings (SSSR count). The number of β-amino-alcohol motifs (C(OH)–C–C–N with tert-alkyl or cyclic N) is 1. The highest BCUT2D eigenvalue weighted by molar-refractivity contribution is 5.81. The van der Waals surface area contributed by atoms with Crippen LogP contribution in [0.25, 0.3) is 0 Å². The Morgan fingerprint density at radius 3 is 2.50 bits per heavy atom. The Morgan fingerprint density at radius 2 is 2.17 bits per heavy atom. The highest BCUT2D eigenvalue weighted by atomic mass is 16.3. The Balaban J connectivity index is 2.38. The summed E-state index contributed by atoms with van der Waals surface area (Å²) in [4.78, 5) is 13.1. The second-order valence-corrected chi connectivity index (χ2v) is 3.69. The Kier molecular flexibility index (Phi) is 2.39. The molecular weight excluding hydrogens is 156 g/mol. The van der Waals surface area contributed by atoms with Crippen molar-refractivity contribution in [3.05, 3.63) is 0 Å². The molecule has 0 aliphatic carbocycles. The molecule has 0 aromatic heterocycles. The quantitative estimate of drug-likeness (QED) is 0.572. The second kappa shape index (κ2) is 3.03. The molecule has 4 heteroatoms. The van der Waals surface area contributed by atoms with Crippen LogP contribution in [0.15, 0.2) is 0 Å². The van der Waals surface area contributed by atoms with Crippen LogP contribution in [0, 0.1) is 0 Å². The Morgan fingerprint density at radius 1 is 1.67 bits per heavy atom. The molecular formula is C8H16N2O2. The lowest BCUT2D eigenvalue weighted by atomic mass is 9.95. The van der Waals surface area contributed by atoms with E-state index >= 15 is 0 Å². The van der Waals surface area contributed by atoms with Crippen LogP contribution in [0.3, 0.4) is 0 Å². The van der Waals surface area contributed by atoms with Gasteiger partial charge >= 0.3 is 0 Å². The monoisotopic (exact) mass is 172 g/mol. The molecule has 1 saturated heterocycles. The molecule has 4 nitrogen and oxygen atoms in total. The lowest BCUT2D eigenvalue weighted by molar-refractivity contribution is -0.138. The maximum Gasteiger partial charge on any atom is 0.236 e. The molecule has 0 aromatic carbocycles. The number of amides is 1. The fraction of sp³-hybridized carbons (Fsp3) is 0.875. The van der Waals surface area contributed by atoms with Crippen LogP contribution < -0.4 is 5.32 Å². The summed E-state index contributed by atoms with van der Waals surface area (Å²) in [5, 5.41) is 12.0. The van der Waals surface area contributed by atoms with Crippen molar-refractivity contribution in [2.75, 3.05) is 20.1 Å². The standard InChI is InChI=1S/C8H16N2O2/c1-6(7(11)9-3)10-4-8(2,12)5-10/h6,12H,4-5H2,1-3H3,(H,9,11). The normalized spacial score (nSPS) is 24.3. The third-order valence-corrected chi connectivity index (χ3v) is 2.26. The van der Waals surface area contributed by atoms with Crippen LogP contribution in [0.2, 0.25) is 0 Å². The minimum absolute atomic E-state index is 0.00509. The van der Waals surface area contributed by atoms with E-state index in [4.69, 9.17) is 0 Å². The van der Waals surface area contributed by atoms with E-state index in [1.807, 2.05) is 11.8 Å². The average Bonchev–Trinajstić information content (AvgIpc) is 1.97. The first-order valence-corrected chi connectivity index (χ1v) is 4.14. The first kappa shape index (κ1) is 9.48. The highest BCUT2D eigenvalue weighted by Crippen LogP contribution is 2.21. The molecule has 0 radical (unpaired) electrons. The van der Waals surface area contributed by atoms with Gasteiger partial charge in [0.2, 0.25) is 5.91 Å². The zero-order valence-electron chi connectivity index (χ0n) is 7.79. The smallest absolute Gasteiger partial charge is 0.236 e. The number of carbonyl (C=O) groups is 1. The third kappa shape index (κ3) is 1.76. The van der Waals surface area contributed by atoms with Crippen LogP contribution >= 0.6 is 0 Å². The summed E-state index contributed by atoms with van der Waals surface area (Å²) in [5.74, 6) is 0.00509.